The molecule has 0 aliphatic carbocycles. The van der Waals surface area contributed by atoms with Crippen LogP contribution in [0.2, 0.25) is 5.02 Å². The van der Waals surface area contributed by atoms with Crippen molar-refractivity contribution in [2.75, 3.05) is 26.2 Å². The largest absolute Gasteiger partial charge is 0.478 e. The van der Waals surface area contributed by atoms with E-state index >= 15 is 0 Å². The average molecular weight is 269 g/mol. The summed E-state index contributed by atoms with van der Waals surface area (Å²) in [7, 11) is 0. The SMILES string of the molecule is Clc1ccc(OCCCCCCCN2CC2)nc1. The highest BCUT2D eigenvalue weighted by atomic mass is 35.5. The number of hydrogen-bond donors (Lipinski definition) is 0. The van der Waals surface area contributed by atoms with E-state index in [9.17, 15) is 0 Å². The molecule has 1 aromatic heterocycles. The van der Waals surface area contributed by atoms with Gasteiger partial charge in [-0.15, -0.1) is 0 Å². The van der Waals surface area contributed by atoms with Gasteiger partial charge in [0.15, 0.2) is 0 Å². The summed E-state index contributed by atoms with van der Waals surface area (Å²) < 4.78 is 5.54. The Labute approximate surface area is 114 Å². The molecule has 1 aliphatic heterocycles. The van der Waals surface area contributed by atoms with E-state index in [2.05, 4.69) is 9.88 Å². The Balaban J connectivity index is 1.42. The first-order chi connectivity index (χ1) is 8.84. The topological polar surface area (TPSA) is 25.1 Å². The molecule has 0 N–H and O–H groups in total. The molecule has 2 rings (SSSR count). The Hall–Kier alpha value is -0.800. The molecule has 0 amide bonds. The Morgan fingerprint density at radius 2 is 1.89 bits per heavy atom. The Bertz CT molecular complexity index is 338. The second-order valence-electron chi connectivity index (χ2n) is 4.77. The third-order valence-electron chi connectivity index (χ3n) is 3.11. The van der Waals surface area contributed by atoms with Gasteiger partial charge in [0.05, 0.1) is 11.6 Å². The molecule has 0 saturated carbocycles. The lowest BCUT2D eigenvalue weighted by molar-refractivity contribution is 0.293. The number of halogens is 1. The number of pyridine rings is 1. The summed E-state index contributed by atoms with van der Waals surface area (Å²) in [5.74, 6) is 0.668. The predicted molar refractivity (Wildman–Crippen MR) is 74.3 cm³/mol. The van der Waals surface area contributed by atoms with E-state index in [1.807, 2.05) is 6.07 Å². The standard InChI is InChI=1S/C14H21ClN2O/c15-13-6-7-14(16-12-13)18-11-5-3-1-2-4-8-17-9-10-17/h6-7,12H,1-5,8-11H2. The van der Waals surface area contributed by atoms with E-state index in [0.717, 1.165) is 13.0 Å². The molecule has 0 radical (unpaired) electrons. The van der Waals surface area contributed by atoms with Crippen molar-refractivity contribution < 1.29 is 4.74 Å². The molecule has 3 nitrogen and oxygen atoms in total. The smallest absolute Gasteiger partial charge is 0.213 e. The number of hydrogen-bond acceptors (Lipinski definition) is 3. The number of unbranched alkanes of at least 4 members (excludes halogenated alkanes) is 4. The van der Waals surface area contributed by atoms with Gasteiger partial charge in [0.2, 0.25) is 5.88 Å². The average Bonchev–Trinajstić information content (AvgIpc) is 3.19. The number of aromatic nitrogens is 1. The van der Waals surface area contributed by atoms with Crippen molar-refractivity contribution in [2.45, 2.75) is 32.1 Å². The van der Waals surface area contributed by atoms with Gasteiger partial charge in [0.25, 0.3) is 0 Å². The van der Waals surface area contributed by atoms with Crippen LogP contribution in [0.5, 0.6) is 5.88 Å². The van der Waals surface area contributed by atoms with Crippen molar-refractivity contribution in [1.82, 2.24) is 9.88 Å². The van der Waals surface area contributed by atoms with Gasteiger partial charge >= 0.3 is 0 Å². The van der Waals surface area contributed by atoms with Crippen LogP contribution in [0.3, 0.4) is 0 Å². The summed E-state index contributed by atoms with van der Waals surface area (Å²) in [5.41, 5.74) is 0. The van der Waals surface area contributed by atoms with Crippen LogP contribution in [0.1, 0.15) is 32.1 Å². The van der Waals surface area contributed by atoms with Crippen LogP contribution in [0.15, 0.2) is 18.3 Å². The maximum Gasteiger partial charge on any atom is 0.213 e. The van der Waals surface area contributed by atoms with Crippen LogP contribution in [-0.2, 0) is 0 Å². The van der Waals surface area contributed by atoms with Crippen molar-refractivity contribution in [3.8, 4) is 5.88 Å². The summed E-state index contributed by atoms with van der Waals surface area (Å²) in [6.07, 6.45) is 7.96. The minimum absolute atomic E-state index is 0.647. The van der Waals surface area contributed by atoms with Gasteiger partial charge in [0, 0.05) is 25.4 Å². The lowest BCUT2D eigenvalue weighted by Gasteiger charge is -2.05. The molecule has 1 aliphatic rings. The van der Waals surface area contributed by atoms with E-state index in [1.165, 1.54) is 45.3 Å². The fourth-order valence-corrected chi connectivity index (χ4v) is 2.00. The fourth-order valence-electron chi connectivity index (χ4n) is 1.89. The summed E-state index contributed by atoms with van der Waals surface area (Å²) in [6.45, 7) is 4.69. The third-order valence-corrected chi connectivity index (χ3v) is 3.33. The lowest BCUT2D eigenvalue weighted by Crippen LogP contribution is -2.00. The molecule has 1 aromatic rings. The fraction of sp³-hybridized carbons (Fsp3) is 0.643. The summed E-state index contributed by atoms with van der Waals surface area (Å²) in [5, 5.41) is 0.647. The number of nitrogens with zero attached hydrogens (tertiary/aromatic N) is 2. The monoisotopic (exact) mass is 268 g/mol. The molecule has 0 unspecified atom stereocenters. The Morgan fingerprint density at radius 3 is 2.61 bits per heavy atom. The van der Waals surface area contributed by atoms with E-state index < -0.39 is 0 Å². The van der Waals surface area contributed by atoms with Crippen LogP contribution in [0.4, 0.5) is 0 Å². The maximum atomic E-state index is 5.75. The van der Waals surface area contributed by atoms with Crippen LogP contribution in [0.25, 0.3) is 0 Å². The van der Waals surface area contributed by atoms with Gasteiger partial charge < -0.3 is 9.64 Å². The highest BCUT2D eigenvalue weighted by Crippen LogP contribution is 2.12. The van der Waals surface area contributed by atoms with Crippen molar-refractivity contribution in [1.29, 1.82) is 0 Å². The molecular formula is C14H21ClN2O. The highest BCUT2D eigenvalue weighted by molar-refractivity contribution is 6.30. The van der Waals surface area contributed by atoms with Gasteiger partial charge in [-0.1, -0.05) is 30.9 Å². The minimum atomic E-state index is 0.647. The summed E-state index contributed by atoms with van der Waals surface area (Å²) in [6, 6.07) is 3.61. The second-order valence-corrected chi connectivity index (χ2v) is 5.21. The van der Waals surface area contributed by atoms with Gasteiger partial charge in [-0.05, 0) is 25.5 Å². The van der Waals surface area contributed by atoms with Crippen molar-refractivity contribution >= 4 is 11.6 Å². The molecule has 1 fully saturated rings. The van der Waals surface area contributed by atoms with Crippen LogP contribution < -0.4 is 4.74 Å². The zero-order chi connectivity index (χ0) is 12.6. The molecule has 0 atom stereocenters. The second kappa shape index (κ2) is 7.59. The van der Waals surface area contributed by atoms with Gasteiger partial charge in [0.1, 0.15) is 0 Å². The van der Waals surface area contributed by atoms with Crippen molar-refractivity contribution in [2.24, 2.45) is 0 Å². The zero-order valence-electron chi connectivity index (χ0n) is 10.8. The molecule has 0 bridgehead atoms. The van der Waals surface area contributed by atoms with Crippen molar-refractivity contribution in [3.63, 3.8) is 0 Å². The summed E-state index contributed by atoms with van der Waals surface area (Å²) >= 11 is 5.75. The summed E-state index contributed by atoms with van der Waals surface area (Å²) in [4.78, 5) is 6.57. The highest BCUT2D eigenvalue weighted by Gasteiger charge is 2.14. The molecule has 4 heteroatoms. The van der Waals surface area contributed by atoms with Gasteiger partial charge in [-0.3, -0.25) is 0 Å². The molecular weight excluding hydrogens is 248 g/mol. The predicted octanol–water partition coefficient (Wildman–Crippen LogP) is 3.38. The van der Waals surface area contributed by atoms with E-state index in [1.54, 1.807) is 12.3 Å². The molecule has 0 aromatic carbocycles. The van der Waals surface area contributed by atoms with E-state index in [4.69, 9.17) is 16.3 Å². The maximum absolute atomic E-state index is 5.75. The molecule has 100 valence electrons. The Morgan fingerprint density at radius 1 is 1.11 bits per heavy atom. The first-order valence-corrected chi connectivity index (χ1v) is 7.19. The van der Waals surface area contributed by atoms with Crippen LogP contribution >= 0.6 is 11.6 Å². The van der Waals surface area contributed by atoms with Crippen LogP contribution in [-0.4, -0.2) is 36.1 Å². The third kappa shape index (κ3) is 5.69. The molecule has 1 saturated heterocycles. The van der Waals surface area contributed by atoms with Gasteiger partial charge in [-0.25, -0.2) is 4.98 Å². The van der Waals surface area contributed by atoms with E-state index in [-0.39, 0.29) is 0 Å². The number of ether oxygens (including phenoxy) is 1. The molecule has 18 heavy (non-hydrogen) atoms. The zero-order valence-corrected chi connectivity index (χ0v) is 11.5. The lowest BCUT2D eigenvalue weighted by atomic mass is 10.1. The molecule has 2 heterocycles. The van der Waals surface area contributed by atoms with Crippen molar-refractivity contribution in [3.05, 3.63) is 23.4 Å². The Kier molecular flexibility index (Phi) is 5.75. The van der Waals surface area contributed by atoms with Gasteiger partial charge in [-0.2, -0.15) is 0 Å². The first-order valence-electron chi connectivity index (χ1n) is 6.81. The number of rotatable bonds is 9. The minimum Gasteiger partial charge on any atom is -0.478 e. The van der Waals surface area contributed by atoms with E-state index in [0.29, 0.717) is 10.9 Å². The first kappa shape index (κ1) is 13.6. The molecule has 0 spiro atoms. The van der Waals surface area contributed by atoms with Crippen LogP contribution in [0, 0.1) is 0 Å². The normalized spacial score (nSPS) is 14.7. The quantitative estimate of drug-likeness (QED) is 0.507.